The van der Waals surface area contributed by atoms with Crippen LogP contribution in [0.3, 0.4) is 0 Å². The lowest BCUT2D eigenvalue weighted by molar-refractivity contribution is -0.114. The highest BCUT2D eigenvalue weighted by molar-refractivity contribution is 7.89. The molecule has 1 heterocycles. The summed E-state index contributed by atoms with van der Waals surface area (Å²) in [6.45, 7) is 3.11. The number of hydrogen-bond donors (Lipinski definition) is 3. The first-order valence-electron chi connectivity index (χ1n) is 9.06. The highest BCUT2D eigenvalue weighted by Crippen LogP contribution is 2.20. The smallest absolute Gasteiger partial charge is 0.255 e. The molecule has 0 saturated carbocycles. The molecule has 3 rings (SSSR count). The molecular weight excluding hydrogens is 406 g/mol. The molecule has 2 aromatic carbocycles. The molecule has 0 fully saturated rings. The lowest BCUT2D eigenvalue weighted by Crippen LogP contribution is -2.24. The summed E-state index contributed by atoms with van der Waals surface area (Å²) in [5.41, 5.74) is 1.85. The molecule has 0 aliphatic carbocycles. The Morgan fingerprint density at radius 3 is 2.37 bits per heavy atom. The average Bonchev–Trinajstić information content (AvgIpc) is 3.20. The lowest BCUT2D eigenvalue weighted by atomic mass is 10.1. The average molecular weight is 427 g/mol. The Kier molecular flexibility index (Phi) is 6.34. The molecule has 2 amide bonds. The van der Waals surface area contributed by atoms with Gasteiger partial charge in [-0.3, -0.25) is 9.59 Å². The summed E-state index contributed by atoms with van der Waals surface area (Å²) in [4.78, 5) is 23.9. The van der Waals surface area contributed by atoms with Crippen LogP contribution in [0.1, 0.15) is 28.6 Å². The zero-order chi connectivity index (χ0) is 21.7. The van der Waals surface area contributed by atoms with E-state index in [0.717, 1.165) is 0 Å². The molecule has 0 aliphatic rings. The normalized spacial score (nSPS) is 11.1. The second-order valence-corrected chi connectivity index (χ2v) is 8.36. The zero-order valence-electron chi connectivity index (χ0n) is 16.4. The van der Waals surface area contributed by atoms with E-state index >= 15 is 0 Å². The molecule has 3 N–H and O–H groups in total. The molecule has 0 radical (unpaired) electrons. The lowest BCUT2D eigenvalue weighted by Gasteiger charge is -2.12. The number of sulfonamides is 1. The van der Waals surface area contributed by atoms with Gasteiger partial charge in [0.05, 0.1) is 17.7 Å². The van der Waals surface area contributed by atoms with E-state index in [1.165, 1.54) is 25.3 Å². The summed E-state index contributed by atoms with van der Waals surface area (Å²) in [6, 6.07) is 14.3. The molecular formula is C21H21N3O5S. The number of aryl methyl sites for hydroxylation is 1. The van der Waals surface area contributed by atoms with Crippen LogP contribution in [0.15, 0.2) is 70.2 Å². The molecule has 3 aromatic rings. The fourth-order valence-corrected chi connectivity index (χ4v) is 3.77. The fourth-order valence-electron chi connectivity index (χ4n) is 2.75. The maximum atomic E-state index is 12.8. The van der Waals surface area contributed by atoms with Crippen LogP contribution in [0.25, 0.3) is 0 Å². The second-order valence-electron chi connectivity index (χ2n) is 6.60. The number of amides is 2. The minimum absolute atomic E-state index is 0.000675. The highest BCUT2D eigenvalue weighted by Gasteiger charge is 2.18. The third-order valence-electron chi connectivity index (χ3n) is 4.22. The van der Waals surface area contributed by atoms with Crippen molar-refractivity contribution in [3.8, 4) is 0 Å². The highest BCUT2D eigenvalue weighted by atomic mass is 32.2. The number of furan rings is 1. The number of anilines is 2. The summed E-state index contributed by atoms with van der Waals surface area (Å²) in [7, 11) is -3.84. The minimum Gasteiger partial charge on any atom is -0.468 e. The van der Waals surface area contributed by atoms with Crippen molar-refractivity contribution in [2.24, 2.45) is 0 Å². The third kappa shape index (κ3) is 5.34. The maximum absolute atomic E-state index is 12.8. The Morgan fingerprint density at radius 1 is 0.967 bits per heavy atom. The third-order valence-corrected chi connectivity index (χ3v) is 5.62. The first-order chi connectivity index (χ1) is 14.2. The molecule has 30 heavy (non-hydrogen) atoms. The predicted octanol–water partition coefficient (Wildman–Crippen LogP) is 3.28. The van der Waals surface area contributed by atoms with Crippen molar-refractivity contribution in [2.75, 3.05) is 10.6 Å². The summed E-state index contributed by atoms with van der Waals surface area (Å²) >= 11 is 0. The quantitative estimate of drug-likeness (QED) is 0.535. The monoisotopic (exact) mass is 427 g/mol. The van der Waals surface area contributed by atoms with E-state index in [4.69, 9.17) is 4.42 Å². The van der Waals surface area contributed by atoms with Gasteiger partial charge in [0, 0.05) is 23.9 Å². The first-order valence-corrected chi connectivity index (χ1v) is 10.5. The summed E-state index contributed by atoms with van der Waals surface area (Å²) < 4.78 is 32.8. The number of benzene rings is 2. The van der Waals surface area contributed by atoms with Gasteiger partial charge in [0.2, 0.25) is 15.9 Å². The van der Waals surface area contributed by atoms with Crippen LogP contribution in [0, 0.1) is 6.92 Å². The van der Waals surface area contributed by atoms with Gasteiger partial charge in [-0.2, -0.15) is 0 Å². The Bertz CT molecular complexity index is 1170. The van der Waals surface area contributed by atoms with Crippen molar-refractivity contribution in [3.05, 3.63) is 77.7 Å². The topological polar surface area (TPSA) is 118 Å². The van der Waals surface area contributed by atoms with Crippen molar-refractivity contribution < 1.29 is 22.4 Å². The second kappa shape index (κ2) is 8.93. The van der Waals surface area contributed by atoms with E-state index in [0.29, 0.717) is 22.7 Å². The number of carbonyl (C=O) groups is 2. The minimum atomic E-state index is -3.84. The van der Waals surface area contributed by atoms with E-state index in [2.05, 4.69) is 15.4 Å². The van der Waals surface area contributed by atoms with Gasteiger partial charge in [0.1, 0.15) is 5.76 Å². The molecule has 0 aliphatic heterocycles. The Labute approximate surface area is 174 Å². The summed E-state index contributed by atoms with van der Waals surface area (Å²) in [5.74, 6) is -0.215. The van der Waals surface area contributed by atoms with Crippen molar-refractivity contribution >= 4 is 33.2 Å². The molecule has 8 nitrogen and oxygen atoms in total. The van der Waals surface area contributed by atoms with Gasteiger partial charge in [-0.1, -0.05) is 12.1 Å². The van der Waals surface area contributed by atoms with Crippen molar-refractivity contribution in [1.82, 2.24) is 4.72 Å². The van der Waals surface area contributed by atoms with E-state index in [-0.39, 0.29) is 22.9 Å². The Hall–Kier alpha value is -3.43. The largest absolute Gasteiger partial charge is 0.468 e. The van der Waals surface area contributed by atoms with Gasteiger partial charge in [-0.15, -0.1) is 0 Å². The van der Waals surface area contributed by atoms with E-state index in [1.54, 1.807) is 49.4 Å². The van der Waals surface area contributed by atoms with Crippen LogP contribution in [-0.4, -0.2) is 20.2 Å². The number of hydrogen-bond acceptors (Lipinski definition) is 5. The SMILES string of the molecule is CC(=O)Nc1cccc(NC(=O)c2cc(S(=O)(=O)NCc3ccco3)ccc2C)c1. The molecule has 9 heteroatoms. The number of rotatable bonds is 7. The number of carbonyl (C=O) groups excluding carboxylic acids is 2. The van der Waals surface area contributed by atoms with Crippen molar-refractivity contribution in [2.45, 2.75) is 25.3 Å². The molecule has 1 aromatic heterocycles. The van der Waals surface area contributed by atoms with Crippen LogP contribution in [0.5, 0.6) is 0 Å². The van der Waals surface area contributed by atoms with E-state index in [9.17, 15) is 18.0 Å². The Balaban J connectivity index is 1.79. The van der Waals surface area contributed by atoms with Gasteiger partial charge in [0.15, 0.2) is 0 Å². The van der Waals surface area contributed by atoms with Gasteiger partial charge in [-0.05, 0) is 55.0 Å². The van der Waals surface area contributed by atoms with Crippen LogP contribution < -0.4 is 15.4 Å². The summed E-state index contributed by atoms with van der Waals surface area (Å²) in [5, 5.41) is 5.36. The predicted molar refractivity (Wildman–Crippen MR) is 113 cm³/mol. The van der Waals surface area contributed by atoms with Crippen LogP contribution in [-0.2, 0) is 21.4 Å². The van der Waals surface area contributed by atoms with Crippen molar-refractivity contribution in [1.29, 1.82) is 0 Å². The summed E-state index contributed by atoms with van der Waals surface area (Å²) in [6.07, 6.45) is 1.46. The molecule has 156 valence electrons. The van der Waals surface area contributed by atoms with Crippen molar-refractivity contribution in [3.63, 3.8) is 0 Å². The molecule has 0 bridgehead atoms. The van der Waals surface area contributed by atoms with Crippen LogP contribution in [0.2, 0.25) is 0 Å². The standard InChI is InChI=1S/C21H21N3O5S/c1-14-8-9-19(30(27,28)22-13-18-7-4-10-29-18)12-20(14)21(26)24-17-6-3-5-16(11-17)23-15(2)25/h3-12,22H,13H2,1-2H3,(H,23,25)(H,24,26). The molecule has 0 saturated heterocycles. The number of nitrogens with one attached hydrogen (secondary N) is 3. The van der Waals surface area contributed by atoms with Gasteiger partial charge in [-0.25, -0.2) is 13.1 Å². The van der Waals surface area contributed by atoms with Gasteiger partial charge in [0.25, 0.3) is 5.91 Å². The zero-order valence-corrected chi connectivity index (χ0v) is 17.2. The van der Waals surface area contributed by atoms with Gasteiger partial charge < -0.3 is 15.1 Å². The molecule has 0 spiro atoms. The van der Waals surface area contributed by atoms with Crippen LogP contribution in [0.4, 0.5) is 11.4 Å². The molecule has 0 unspecified atom stereocenters. The van der Waals surface area contributed by atoms with Crippen LogP contribution >= 0.6 is 0 Å². The first kappa shape index (κ1) is 21.3. The van der Waals surface area contributed by atoms with E-state index in [1.807, 2.05) is 0 Å². The molecule has 0 atom stereocenters. The maximum Gasteiger partial charge on any atom is 0.255 e. The van der Waals surface area contributed by atoms with Gasteiger partial charge >= 0.3 is 0 Å². The fraction of sp³-hybridized carbons (Fsp3) is 0.143. The Morgan fingerprint density at radius 2 is 1.70 bits per heavy atom. The van der Waals surface area contributed by atoms with E-state index < -0.39 is 15.9 Å².